The minimum absolute atomic E-state index is 0.0436. The maximum Gasteiger partial charge on any atom is 0.470 e. The van der Waals surface area contributed by atoms with Crippen LogP contribution in [0.5, 0.6) is 0 Å². The Labute approximate surface area is 336 Å². The number of nitriles is 1. The lowest BCUT2D eigenvalue weighted by Gasteiger charge is -2.55. The van der Waals surface area contributed by atoms with Crippen LogP contribution < -0.4 is 0 Å². The van der Waals surface area contributed by atoms with Gasteiger partial charge in [0.1, 0.15) is 40.6 Å². The molecule has 0 aromatic rings. The summed E-state index contributed by atoms with van der Waals surface area (Å²) in [6.45, 7) is 22.0. The van der Waals surface area contributed by atoms with Gasteiger partial charge in [0.2, 0.25) is 0 Å². The summed E-state index contributed by atoms with van der Waals surface area (Å²) in [5.74, 6) is -1.35. The molecule has 3 fully saturated rings. The minimum Gasteiger partial charge on any atom is -0.483 e. The normalized spacial score (nSPS) is 36.9. The number of rotatable bonds is 10. The van der Waals surface area contributed by atoms with Crippen LogP contribution in [0.1, 0.15) is 94.4 Å². The number of hydrogen-bond donors (Lipinski definition) is 2. The summed E-state index contributed by atoms with van der Waals surface area (Å²) in [6, 6.07) is 2.53. The number of amidine groups is 1. The molecule has 2 saturated carbocycles. The first-order chi connectivity index (χ1) is 26.7. The molecule has 1 spiro atoms. The molecule has 0 amide bonds. The number of esters is 1. The zero-order valence-electron chi connectivity index (χ0n) is 34.7. The third-order valence-corrected chi connectivity index (χ3v) is 13.8. The lowest BCUT2D eigenvalue weighted by Crippen LogP contribution is -2.63. The van der Waals surface area contributed by atoms with Crippen LogP contribution in [0.3, 0.4) is 0 Å². The fraction of sp³-hybridized carbons (Fsp3) is 0.591. The fourth-order valence-electron chi connectivity index (χ4n) is 11.5. The van der Waals surface area contributed by atoms with Gasteiger partial charge in [-0.15, -0.1) is 0 Å². The highest BCUT2D eigenvalue weighted by Crippen LogP contribution is 2.78. The number of nitrogens with zero attached hydrogens (tertiary/aromatic N) is 3. The van der Waals surface area contributed by atoms with Gasteiger partial charge in [0.25, 0.3) is 0 Å². The molecular formula is C44H56N3O9P. The highest BCUT2D eigenvalue weighted by Gasteiger charge is 2.85. The zero-order chi connectivity index (χ0) is 41.6. The van der Waals surface area contributed by atoms with Crippen LogP contribution in [-0.2, 0) is 32.8 Å². The Kier molecular flexibility index (Phi) is 10.3. The summed E-state index contributed by atoms with van der Waals surface area (Å²) in [4.78, 5) is 43.4. The van der Waals surface area contributed by atoms with Gasteiger partial charge in [-0.25, -0.2) is 19.3 Å². The van der Waals surface area contributed by atoms with E-state index in [1.807, 2.05) is 39.0 Å². The molecule has 1 saturated heterocycles. The van der Waals surface area contributed by atoms with E-state index in [0.29, 0.717) is 65.2 Å². The summed E-state index contributed by atoms with van der Waals surface area (Å²) >= 11 is 0. The molecule has 13 heteroatoms. The van der Waals surface area contributed by atoms with Crippen molar-refractivity contribution in [3.63, 3.8) is 0 Å². The molecule has 10 unspecified atom stereocenters. The van der Waals surface area contributed by atoms with Crippen molar-refractivity contribution in [3.05, 3.63) is 81.0 Å². The molecule has 57 heavy (non-hydrogen) atoms. The van der Waals surface area contributed by atoms with Gasteiger partial charge in [0, 0.05) is 28.6 Å². The van der Waals surface area contributed by atoms with Crippen LogP contribution in [0, 0.1) is 46.8 Å². The van der Waals surface area contributed by atoms with Gasteiger partial charge in [0.15, 0.2) is 5.60 Å². The quantitative estimate of drug-likeness (QED) is 0.0721. The van der Waals surface area contributed by atoms with Gasteiger partial charge in [0.05, 0.1) is 30.1 Å². The van der Waals surface area contributed by atoms with Crippen LogP contribution in [0.4, 0.5) is 0 Å². The lowest BCUT2D eigenvalue weighted by atomic mass is 9.57. The van der Waals surface area contributed by atoms with Crippen LogP contribution in [0.15, 0.2) is 91.0 Å². The Bertz CT molecular complexity index is 2140. The Morgan fingerprint density at radius 1 is 1.11 bits per heavy atom. The van der Waals surface area contributed by atoms with E-state index in [0.717, 1.165) is 12.0 Å². The smallest absolute Gasteiger partial charge is 0.470 e. The predicted molar refractivity (Wildman–Crippen MR) is 215 cm³/mol. The summed E-state index contributed by atoms with van der Waals surface area (Å²) in [5, 5.41) is 10.9. The molecule has 12 nitrogen and oxygen atoms in total. The molecule has 4 heterocycles. The van der Waals surface area contributed by atoms with E-state index in [-0.39, 0.29) is 29.5 Å². The van der Waals surface area contributed by atoms with Crippen molar-refractivity contribution in [2.24, 2.45) is 45.5 Å². The molecule has 10 atom stereocenters. The Hall–Kier alpha value is -3.85. The lowest BCUT2D eigenvalue weighted by molar-refractivity contribution is -0.186. The highest BCUT2D eigenvalue weighted by atomic mass is 31.2. The third-order valence-electron chi connectivity index (χ3n) is 13.4. The number of aliphatic imine (C=N–C) groups is 2. The number of carbonyl (C=O) groups is 1. The Morgan fingerprint density at radius 3 is 2.42 bits per heavy atom. The molecular weight excluding hydrogens is 745 g/mol. The monoisotopic (exact) mass is 801 g/mol. The third kappa shape index (κ3) is 6.40. The van der Waals surface area contributed by atoms with Crippen molar-refractivity contribution in [2.45, 2.75) is 123 Å². The first-order valence-corrected chi connectivity index (χ1v) is 21.4. The van der Waals surface area contributed by atoms with E-state index in [1.165, 1.54) is 12.7 Å². The first kappa shape index (κ1) is 41.3. The van der Waals surface area contributed by atoms with E-state index >= 15 is 0 Å². The van der Waals surface area contributed by atoms with Crippen molar-refractivity contribution in [2.75, 3.05) is 7.11 Å². The molecule has 0 aromatic carbocycles. The van der Waals surface area contributed by atoms with Crippen LogP contribution in [0.2, 0.25) is 0 Å². The van der Waals surface area contributed by atoms with Gasteiger partial charge in [-0.3, -0.25) is 4.52 Å². The van der Waals surface area contributed by atoms with Gasteiger partial charge >= 0.3 is 13.8 Å². The number of allylic oxidation sites excluding steroid dienone is 5. The van der Waals surface area contributed by atoms with Crippen molar-refractivity contribution in [1.29, 1.82) is 5.26 Å². The highest BCUT2D eigenvalue weighted by molar-refractivity contribution is 7.46. The molecule has 7 aliphatic rings. The molecule has 3 aliphatic carbocycles. The second kappa shape index (κ2) is 14.2. The summed E-state index contributed by atoms with van der Waals surface area (Å²) in [6.07, 6.45) is 11.2. The van der Waals surface area contributed by atoms with Crippen LogP contribution in [-0.4, -0.2) is 63.9 Å². The van der Waals surface area contributed by atoms with E-state index < -0.39 is 54.1 Å². The number of fused-ring (bicyclic) bond motifs is 2. The average molecular weight is 802 g/mol. The standard InChI is InChI=1S/C44H56N3O9P/c1-23(2)13-12-18-42(9)19-17-28-35(53-42)27(15-14-24(3)4)36-32(37(28)55-57(49,50)51)34-33-31(29(22-45)39(46-10)47-34)30-26(6)21-43(20-16-25(5)40(48)52-11)44(33,54-36)38(30)41(7,8)56-43/h13-14,16-17,19,26,29-31,33,37-38H,10,12,15,18,20-21H2,1-9,11H3,(H2,49,50,51). The number of phosphoric ester groups is 1. The molecule has 306 valence electrons. The topological polar surface area (TPSA) is 169 Å². The molecule has 4 aliphatic heterocycles. The van der Waals surface area contributed by atoms with Gasteiger partial charge in [-0.1, -0.05) is 42.4 Å². The summed E-state index contributed by atoms with van der Waals surface area (Å²) < 4.78 is 46.1. The summed E-state index contributed by atoms with van der Waals surface area (Å²) in [7, 11) is -3.81. The number of phosphoric acid groups is 1. The van der Waals surface area contributed by atoms with Crippen molar-refractivity contribution >= 4 is 26.3 Å². The minimum atomic E-state index is -5.16. The summed E-state index contributed by atoms with van der Waals surface area (Å²) in [5.41, 5.74) is 1.02. The Balaban J connectivity index is 1.57. The van der Waals surface area contributed by atoms with Crippen LogP contribution in [0.25, 0.3) is 0 Å². The van der Waals surface area contributed by atoms with E-state index in [4.69, 9.17) is 28.5 Å². The maximum atomic E-state index is 13.0. The SMILES string of the molecule is C=NC1=NC2=C3C(=C(CC=C(C)C)C4=C(C=CC(C)(CCC=C(C)C)O4)C3OP(=O)(O)O)OC34C2C(C1C#N)C1C(C)CC3(CC=C(C)C(=O)OC)OC(C)(C)C14. The molecule has 0 aromatic heterocycles. The van der Waals surface area contributed by atoms with Crippen molar-refractivity contribution in [1.82, 2.24) is 0 Å². The first-order valence-electron chi connectivity index (χ1n) is 19.9. The molecule has 4 bridgehead atoms. The van der Waals surface area contributed by atoms with E-state index in [2.05, 4.69) is 64.5 Å². The predicted octanol–water partition coefficient (Wildman–Crippen LogP) is 8.28. The maximum absolute atomic E-state index is 13.0. The van der Waals surface area contributed by atoms with Gasteiger partial charge in [-0.05, 0) is 118 Å². The van der Waals surface area contributed by atoms with Crippen LogP contribution >= 0.6 is 7.82 Å². The number of ether oxygens (including phenoxy) is 4. The molecule has 7 rings (SSSR count). The largest absolute Gasteiger partial charge is 0.483 e. The second-order valence-electron chi connectivity index (χ2n) is 18.1. The van der Waals surface area contributed by atoms with Gasteiger partial charge < -0.3 is 28.7 Å². The molecule has 2 N–H and O–H groups in total. The van der Waals surface area contributed by atoms with E-state index in [9.17, 15) is 24.4 Å². The van der Waals surface area contributed by atoms with Crippen molar-refractivity contribution in [3.8, 4) is 6.07 Å². The zero-order valence-corrected chi connectivity index (χ0v) is 35.6. The number of hydrogen-bond acceptors (Lipinski definition) is 10. The molecule has 0 radical (unpaired) electrons. The van der Waals surface area contributed by atoms with Gasteiger partial charge in [-0.2, -0.15) is 5.26 Å². The Morgan fingerprint density at radius 2 is 1.81 bits per heavy atom. The van der Waals surface area contributed by atoms with E-state index in [1.54, 1.807) is 6.92 Å². The van der Waals surface area contributed by atoms with Crippen molar-refractivity contribution < 1.29 is 42.6 Å². The number of carbonyl (C=O) groups excluding carboxylic acids is 1. The second-order valence-corrected chi connectivity index (χ2v) is 19.3. The number of methoxy groups -OCH3 is 1. The fourth-order valence-corrected chi connectivity index (χ4v) is 12.0. The average Bonchev–Trinajstić information content (AvgIpc) is 3.47.